The fraction of sp³-hybridized carbons (Fsp3) is 0.492. The number of aryl methyl sites for hydroxylation is 2. The first-order valence-electron chi connectivity index (χ1n) is 24.9. The average molecular weight is 1070 g/mol. The molecule has 6 heteroatoms. The van der Waals surface area contributed by atoms with Crippen LogP contribution < -0.4 is 0 Å². The molecule has 6 aromatic carbocycles. The number of rotatable bonds is 15. The first kappa shape index (κ1) is 66.7. The van der Waals surface area contributed by atoms with Crippen molar-refractivity contribution >= 4 is 53.2 Å². The van der Waals surface area contributed by atoms with E-state index in [-0.39, 0.29) is 54.3 Å². The van der Waals surface area contributed by atoms with Crippen LogP contribution in [0.25, 0.3) is 43.8 Å². The molecule has 2 radical (unpaired) electrons. The van der Waals surface area contributed by atoms with Gasteiger partial charge in [-0.05, 0) is 93.4 Å². The molecule has 0 bridgehead atoms. The van der Waals surface area contributed by atoms with Gasteiger partial charge in [-0.2, -0.15) is 12.5 Å². The Bertz CT molecular complexity index is 2310. The molecule has 382 valence electrons. The number of ether oxygens (including phenoxy) is 2. The van der Waals surface area contributed by atoms with Crippen molar-refractivity contribution in [1.82, 2.24) is 0 Å². The summed E-state index contributed by atoms with van der Waals surface area (Å²) in [5.74, 6) is 0.573. The second-order valence-electron chi connectivity index (χ2n) is 22.5. The topological polar surface area (TPSA) is 18.5 Å². The number of benzene rings is 4. The molecular weight excluding hydrogens is 979 g/mol. The summed E-state index contributed by atoms with van der Waals surface area (Å²) in [5, 5.41) is 5.55. The van der Waals surface area contributed by atoms with Gasteiger partial charge in [0.15, 0.2) is 0 Å². The maximum atomic E-state index is 5.85. The van der Waals surface area contributed by atoms with Crippen molar-refractivity contribution in [1.29, 1.82) is 0 Å². The SMILES string of the molecule is CC(C)c1cc2c(-c3ccc(C(C)(C)C)cc3)cccc2[cH-]1.Cc1[cH-]c2cccc(-c3ccc(C(C)(C)C)cc3)c2c1CCCCCCOC(C)(C)C.Cl.Cl.[CH2-]CCCCCOC(C)(C)C.[CH3-].[Si]=[Zr]. The zero-order valence-corrected chi connectivity index (χ0v) is 51.1. The fourth-order valence-corrected chi connectivity index (χ4v) is 8.22. The van der Waals surface area contributed by atoms with E-state index >= 15 is 0 Å². The molecule has 6 aromatic rings. The van der Waals surface area contributed by atoms with Crippen LogP contribution in [0.2, 0.25) is 0 Å². The molecule has 2 nitrogen and oxygen atoms in total. The third-order valence-corrected chi connectivity index (χ3v) is 12.1. The van der Waals surface area contributed by atoms with Gasteiger partial charge in [0.2, 0.25) is 0 Å². The van der Waals surface area contributed by atoms with Crippen molar-refractivity contribution < 1.29 is 32.8 Å². The van der Waals surface area contributed by atoms with E-state index in [2.05, 4.69) is 221 Å². The molecule has 0 aliphatic heterocycles. The monoisotopic (exact) mass is 1070 g/mol. The van der Waals surface area contributed by atoms with Gasteiger partial charge in [0.1, 0.15) is 0 Å². The molecule has 0 saturated heterocycles. The van der Waals surface area contributed by atoms with Gasteiger partial charge in [0.05, 0.1) is 11.2 Å². The van der Waals surface area contributed by atoms with E-state index in [9.17, 15) is 0 Å². The molecule has 0 fully saturated rings. The molecule has 0 N–H and O–H groups in total. The van der Waals surface area contributed by atoms with Crippen molar-refractivity contribution in [3.63, 3.8) is 0 Å². The Balaban J connectivity index is 0.00000107. The van der Waals surface area contributed by atoms with Crippen molar-refractivity contribution in [2.75, 3.05) is 13.2 Å². The van der Waals surface area contributed by atoms with Crippen molar-refractivity contribution in [3.8, 4) is 22.3 Å². The summed E-state index contributed by atoms with van der Waals surface area (Å²) < 4.78 is 11.4. The predicted octanol–water partition coefficient (Wildman–Crippen LogP) is 19.5. The Morgan fingerprint density at radius 3 is 1.45 bits per heavy atom. The van der Waals surface area contributed by atoms with Crippen LogP contribution >= 0.6 is 24.8 Å². The van der Waals surface area contributed by atoms with Crippen LogP contribution in [0.4, 0.5) is 0 Å². The van der Waals surface area contributed by atoms with Crippen molar-refractivity contribution in [2.45, 2.75) is 190 Å². The van der Waals surface area contributed by atoms with Crippen LogP contribution in [-0.2, 0) is 50.1 Å². The molecule has 0 aliphatic rings. The van der Waals surface area contributed by atoms with Gasteiger partial charge < -0.3 is 23.8 Å². The van der Waals surface area contributed by atoms with E-state index in [1.165, 1.54) is 133 Å². The van der Waals surface area contributed by atoms with E-state index in [0.29, 0.717) is 5.92 Å². The molecular formula is C63H92Cl2O2SiZr-4. The molecule has 6 rings (SSSR count). The van der Waals surface area contributed by atoms with Gasteiger partial charge in [-0.1, -0.05) is 173 Å². The van der Waals surface area contributed by atoms with Crippen LogP contribution in [0.3, 0.4) is 0 Å². The van der Waals surface area contributed by atoms with Gasteiger partial charge in [0, 0.05) is 13.2 Å². The molecule has 0 unspecified atom stereocenters. The van der Waals surface area contributed by atoms with Crippen molar-refractivity contribution in [3.05, 3.63) is 145 Å². The number of hydrogen-bond donors (Lipinski definition) is 0. The Labute approximate surface area is 453 Å². The number of unbranched alkanes of at least 4 members (excludes halogenated alkanes) is 6. The quantitative estimate of drug-likeness (QED) is 0.0580. The summed E-state index contributed by atoms with van der Waals surface area (Å²) in [4.78, 5) is 0. The molecule has 0 amide bonds. The standard InChI is InChI=1S/C30H41O.C22H25.C10H21O.CH3.2ClH.Si.Zr/c1-22-21-24-13-12-15-27(23-16-18-25(19-17-23)29(2,3)4)28(24)26(22)14-10-8-9-11-20-31-30(5,6)7;1-15(2)18-13-17-7-6-8-20(21(17)14-18)16-9-11-19(12-10-16)22(3,4)5;1-5-6-7-8-9-11-10(2,3)4;;;;;/h12-13,15-19,21H,8-11,14,20H2,1-7H3;6-15H,1-5H3;1,5-9H2,2-4H3;1H3;2*1H;;/q4*-1;;;;. The first-order valence-corrected chi connectivity index (χ1v) is 29.1. The van der Waals surface area contributed by atoms with E-state index in [1.807, 2.05) is 0 Å². The second kappa shape index (κ2) is 31.3. The third kappa shape index (κ3) is 22.6. The number of hydrogen-bond acceptors (Lipinski definition) is 2. The number of halogens is 2. The summed E-state index contributed by atoms with van der Waals surface area (Å²) in [5.41, 5.74) is 12.9. The molecule has 0 saturated carbocycles. The summed E-state index contributed by atoms with van der Waals surface area (Å²) in [7, 11) is 0. The zero-order chi connectivity index (χ0) is 49.3. The van der Waals surface area contributed by atoms with Crippen LogP contribution in [0.1, 0.15) is 182 Å². The van der Waals surface area contributed by atoms with Gasteiger partial charge in [-0.3, -0.25) is 0 Å². The fourth-order valence-electron chi connectivity index (χ4n) is 8.22. The summed E-state index contributed by atoms with van der Waals surface area (Å²) >= 11 is 1.36. The van der Waals surface area contributed by atoms with E-state index < -0.39 is 0 Å². The Hall–Kier alpha value is -2.30. The molecule has 0 aliphatic carbocycles. The molecule has 0 heterocycles. The van der Waals surface area contributed by atoms with Crippen LogP contribution in [0, 0.1) is 21.3 Å². The van der Waals surface area contributed by atoms with E-state index in [0.717, 1.165) is 32.5 Å². The van der Waals surface area contributed by atoms with Gasteiger partial charge in [-0.15, -0.1) is 99.4 Å². The number of fused-ring (bicyclic) bond motifs is 2. The Morgan fingerprint density at radius 1 is 0.565 bits per heavy atom. The minimum atomic E-state index is -0.0210. The van der Waals surface area contributed by atoms with Gasteiger partial charge in [-0.25, -0.2) is 0 Å². The van der Waals surface area contributed by atoms with Crippen LogP contribution in [0.15, 0.2) is 103 Å². The Morgan fingerprint density at radius 2 is 1.00 bits per heavy atom. The zero-order valence-electron chi connectivity index (χ0n) is 46.0. The maximum absolute atomic E-state index is 5.85. The van der Waals surface area contributed by atoms with E-state index in [4.69, 9.17) is 9.47 Å². The van der Waals surface area contributed by atoms with Gasteiger partial charge >= 0.3 is 30.2 Å². The third-order valence-electron chi connectivity index (χ3n) is 12.1. The molecule has 69 heavy (non-hydrogen) atoms. The normalized spacial score (nSPS) is 11.5. The minimum absolute atomic E-state index is 0. The summed E-state index contributed by atoms with van der Waals surface area (Å²) in [6, 6.07) is 38.7. The van der Waals surface area contributed by atoms with Crippen molar-refractivity contribution in [2.24, 2.45) is 0 Å². The predicted molar refractivity (Wildman–Crippen MR) is 310 cm³/mol. The average Bonchev–Trinajstić information content (AvgIpc) is 3.84. The van der Waals surface area contributed by atoms with Crippen LogP contribution in [-0.4, -0.2) is 31.3 Å². The summed E-state index contributed by atoms with van der Waals surface area (Å²) in [6.45, 7) is 41.7. The molecule has 0 spiro atoms. The Kier molecular flexibility index (Phi) is 30.3. The second-order valence-corrected chi connectivity index (χ2v) is 22.5. The molecule has 0 atom stereocenters. The summed E-state index contributed by atoms with van der Waals surface area (Å²) in [6.07, 6.45) is 10.8. The first-order chi connectivity index (χ1) is 31.0. The molecule has 0 aromatic heterocycles. The van der Waals surface area contributed by atoms with Crippen LogP contribution in [0.5, 0.6) is 0 Å². The van der Waals surface area contributed by atoms with E-state index in [1.54, 1.807) is 0 Å². The van der Waals surface area contributed by atoms with Gasteiger partial charge in [0.25, 0.3) is 0 Å².